The standard InChI is InChI=1S/C16H19F3N2O3/c1-24-13-4-2-11(3-5-13)10-14(22)20-12-6-8-21(9-7-12)15(23)16(17,18)19/h2-5,12H,6-10H2,1H3,(H,20,22). The van der Waals surface area contributed by atoms with Crippen LogP contribution >= 0.6 is 0 Å². The lowest BCUT2D eigenvalue weighted by molar-refractivity contribution is -0.186. The predicted octanol–water partition coefficient (Wildman–Crippen LogP) is 1.91. The third-order valence-electron chi connectivity index (χ3n) is 3.91. The fraction of sp³-hybridized carbons (Fsp3) is 0.500. The normalized spacial score (nSPS) is 15.9. The summed E-state index contributed by atoms with van der Waals surface area (Å²) in [5, 5.41) is 2.80. The van der Waals surface area contributed by atoms with Crippen molar-refractivity contribution in [3.8, 4) is 5.75 Å². The van der Waals surface area contributed by atoms with Gasteiger partial charge in [0.25, 0.3) is 0 Å². The summed E-state index contributed by atoms with van der Waals surface area (Å²) in [6.07, 6.45) is -4.03. The van der Waals surface area contributed by atoms with Crippen molar-refractivity contribution in [3.05, 3.63) is 29.8 Å². The van der Waals surface area contributed by atoms with Crippen LogP contribution in [0.5, 0.6) is 5.75 Å². The number of nitrogens with zero attached hydrogens (tertiary/aromatic N) is 1. The van der Waals surface area contributed by atoms with Crippen LogP contribution in [0.2, 0.25) is 0 Å². The number of halogens is 3. The van der Waals surface area contributed by atoms with Crippen LogP contribution in [0.1, 0.15) is 18.4 Å². The van der Waals surface area contributed by atoms with E-state index in [4.69, 9.17) is 4.74 Å². The van der Waals surface area contributed by atoms with E-state index in [0.717, 1.165) is 10.5 Å². The Bertz CT molecular complexity index is 579. The van der Waals surface area contributed by atoms with Gasteiger partial charge in [-0.05, 0) is 30.5 Å². The Morgan fingerprint density at radius 1 is 1.21 bits per heavy atom. The van der Waals surface area contributed by atoms with Crippen LogP contribution in [-0.2, 0) is 16.0 Å². The molecule has 1 aliphatic rings. The van der Waals surface area contributed by atoms with Crippen molar-refractivity contribution in [1.29, 1.82) is 0 Å². The zero-order valence-corrected chi connectivity index (χ0v) is 13.2. The van der Waals surface area contributed by atoms with E-state index >= 15 is 0 Å². The zero-order valence-electron chi connectivity index (χ0n) is 13.2. The fourth-order valence-electron chi connectivity index (χ4n) is 2.61. The highest BCUT2D eigenvalue weighted by atomic mass is 19.4. The maximum atomic E-state index is 12.4. The second-order valence-corrected chi connectivity index (χ2v) is 5.66. The van der Waals surface area contributed by atoms with Gasteiger partial charge in [-0.1, -0.05) is 12.1 Å². The molecular weight excluding hydrogens is 325 g/mol. The quantitative estimate of drug-likeness (QED) is 0.908. The van der Waals surface area contributed by atoms with E-state index in [0.29, 0.717) is 18.6 Å². The van der Waals surface area contributed by atoms with Crippen LogP contribution in [0.3, 0.4) is 0 Å². The number of hydrogen-bond donors (Lipinski definition) is 1. The molecule has 1 aromatic rings. The van der Waals surface area contributed by atoms with Gasteiger partial charge < -0.3 is 15.0 Å². The number of ether oxygens (including phenoxy) is 1. The number of rotatable bonds is 4. The van der Waals surface area contributed by atoms with Gasteiger partial charge in [-0.25, -0.2) is 0 Å². The van der Waals surface area contributed by atoms with E-state index in [2.05, 4.69) is 5.32 Å². The van der Waals surface area contributed by atoms with Gasteiger partial charge in [-0.15, -0.1) is 0 Å². The molecule has 1 aromatic carbocycles. The highest BCUT2D eigenvalue weighted by Crippen LogP contribution is 2.21. The van der Waals surface area contributed by atoms with E-state index < -0.39 is 12.1 Å². The molecule has 0 unspecified atom stereocenters. The second-order valence-electron chi connectivity index (χ2n) is 5.66. The largest absolute Gasteiger partial charge is 0.497 e. The van der Waals surface area contributed by atoms with Crippen molar-refractivity contribution in [3.63, 3.8) is 0 Å². The van der Waals surface area contributed by atoms with Crippen LogP contribution in [0.15, 0.2) is 24.3 Å². The molecule has 0 aromatic heterocycles. The van der Waals surface area contributed by atoms with Crippen molar-refractivity contribution in [2.45, 2.75) is 31.5 Å². The molecule has 24 heavy (non-hydrogen) atoms. The number of likely N-dealkylation sites (tertiary alicyclic amines) is 1. The summed E-state index contributed by atoms with van der Waals surface area (Å²) < 4.78 is 42.1. The van der Waals surface area contributed by atoms with E-state index in [1.807, 2.05) is 0 Å². The SMILES string of the molecule is COc1ccc(CC(=O)NC2CCN(C(=O)C(F)(F)F)CC2)cc1. The minimum atomic E-state index is -4.84. The first kappa shape index (κ1) is 18.1. The predicted molar refractivity (Wildman–Crippen MR) is 80.5 cm³/mol. The summed E-state index contributed by atoms with van der Waals surface area (Å²) in [5.74, 6) is -1.31. The highest BCUT2D eigenvalue weighted by molar-refractivity contribution is 5.82. The van der Waals surface area contributed by atoms with Crippen LogP contribution in [0, 0.1) is 0 Å². The van der Waals surface area contributed by atoms with Gasteiger partial charge in [0.1, 0.15) is 5.75 Å². The first-order valence-electron chi connectivity index (χ1n) is 7.58. The third kappa shape index (κ3) is 4.87. The van der Waals surface area contributed by atoms with E-state index in [9.17, 15) is 22.8 Å². The van der Waals surface area contributed by atoms with Crippen molar-refractivity contribution in [2.24, 2.45) is 0 Å². The topological polar surface area (TPSA) is 58.6 Å². The number of nitrogens with one attached hydrogen (secondary N) is 1. The average molecular weight is 344 g/mol. The summed E-state index contributed by atoms with van der Waals surface area (Å²) >= 11 is 0. The molecule has 1 fully saturated rings. The van der Waals surface area contributed by atoms with E-state index in [1.165, 1.54) is 0 Å². The smallest absolute Gasteiger partial charge is 0.471 e. The molecule has 0 saturated carbocycles. The van der Waals surface area contributed by atoms with Gasteiger partial charge in [-0.2, -0.15) is 13.2 Å². The molecule has 0 radical (unpaired) electrons. The molecule has 0 spiro atoms. The molecule has 132 valence electrons. The molecule has 2 amide bonds. The van der Waals surface area contributed by atoms with E-state index in [-0.39, 0.29) is 31.5 Å². The molecule has 0 atom stereocenters. The van der Waals surface area contributed by atoms with Gasteiger partial charge >= 0.3 is 12.1 Å². The van der Waals surface area contributed by atoms with Crippen molar-refractivity contribution >= 4 is 11.8 Å². The Morgan fingerprint density at radius 2 is 1.79 bits per heavy atom. The van der Waals surface area contributed by atoms with Gasteiger partial charge in [0.05, 0.1) is 13.5 Å². The van der Waals surface area contributed by atoms with E-state index in [1.54, 1.807) is 31.4 Å². The molecule has 1 aliphatic heterocycles. The maximum absolute atomic E-state index is 12.4. The molecular formula is C16H19F3N2O3. The number of carbonyl (C=O) groups excluding carboxylic acids is 2. The monoisotopic (exact) mass is 344 g/mol. The molecule has 1 N–H and O–H groups in total. The summed E-state index contributed by atoms with van der Waals surface area (Å²) in [4.78, 5) is 23.9. The van der Waals surface area contributed by atoms with Crippen LogP contribution in [-0.4, -0.2) is 49.1 Å². The minimum absolute atomic E-state index is 0.00811. The van der Waals surface area contributed by atoms with Crippen LogP contribution in [0.4, 0.5) is 13.2 Å². The number of piperidine rings is 1. The van der Waals surface area contributed by atoms with Crippen LogP contribution in [0.25, 0.3) is 0 Å². The lowest BCUT2D eigenvalue weighted by atomic mass is 10.0. The molecule has 2 rings (SSSR count). The first-order chi connectivity index (χ1) is 11.3. The van der Waals surface area contributed by atoms with Gasteiger partial charge in [0, 0.05) is 19.1 Å². The summed E-state index contributed by atoms with van der Waals surface area (Å²) in [6.45, 7) is -0.0162. The average Bonchev–Trinajstić information content (AvgIpc) is 2.54. The van der Waals surface area contributed by atoms with Crippen molar-refractivity contribution in [2.75, 3.05) is 20.2 Å². The Labute approximate surface area is 137 Å². The summed E-state index contributed by atoms with van der Waals surface area (Å²) in [5.41, 5.74) is 0.818. The molecule has 5 nitrogen and oxygen atoms in total. The number of benzene rings is 1. The second kappa shape index (κ2) is 7.55. The number of methoxy groups -OCH3 is 1. The maximum Gasteiger partial charge on any atom is 0.471 e. The van der Waals surface area contributed by atoms with Gasteiger partial charge in [0.2, 0.25) is 5.91 Å². The Hall–Kier alpha value is -2.25. The highest BCUT2D eigenvalue weighted by Gasteiger charge is 2.43. The first-order valence-corrected chi connectivity index (χ1v) is 7.58. The molecule has 1 heterocycles. The number of amides is 2. The summed E-state index contributed by atoms with van der Waals surface area (Å²) in [6, 6.07) is 6.85. The lowest BCUT2D eigenvalue weighted by Crippen LogP contribution is -2.50. The molecule has 1 saturated heterocycles. The van der Waals surface area contributed by atoms with Gasteiger partial charge in [-0.3, -0.25) is 9.59 Å². The lowest BCUT2D eigenvalue weighted by Gasteiger charge is -2.32. The molecule has 0 bridgehead atoms. The minimum Gasteiger partial charge on any atom is -0.497 e. The fourth-order valence-corrected chi connectivity index (χ4v) is 2.61. The number of alkyl halides is 3. The number of hydrogen-bond acceptors (Lipinski definition) is 3. The molecule has 8 heteroatoms. The Balaban J connectivity index is 1.78. The van der Waals surface area contributed by atoms with Gasteiger partial charge in [0.15, 0.2) is 0 Å². The van der Waals surface area contributed by atoms with Crippen LogP contribution < -0.4 is 10.1 Å². The van der Waals surface area contributed by atoms with Crippen molar-refractivity contribution in [1.82, 2.24) is 10.2 Å². The Morgan fingerprint density at radius 3 is 2.29 bits per heavy atom. The Kier molecular flexibility index (Phi) is 5.69. The third-order valence-corrected chi connectivity index (χ3v) is 3.91. The zero-order chi connectivity index (χ0) is 17.7. The summed E-state index contributed by atoms with van der Waals surface area (Å²) in [7, 11) is 1.55. The van der Waals surface area contributed by atoms with Crippen molar-refractivity contribution < 1.29 is 27.5 Å². The molecule has 0 aliphatic carbocycles. The number of carbonyl (C=O) groups is 2.